The molecule has 3 fully saturated rings. The Balaban J connectivity index is 1.47. The Labute approximate surface area is 154 Å². The fourth-order valence-corrected chi connectivity index (χ4v) is 6.52. The third kappa shape index (κ3) is 3.27. The van der Waals surface area contributed by atoms with Crippen LogP contribution in [0, 0.1) is 23.6 Å². The lowest BCUT2D eigenvalue weighted by Gasteiger charge is -2.29. The number of nitrogens with zero attached hydrogens (tertiary/aromatic N) is 2. The van der Waals surface area contributed by atoms with Crippen LogP contribution in [0.25, 0.3) is 0 Å². The van der Waals surface area contributed by atoms with Gasteiger partial charge >= 0.3 is 0 Å². The summed E-state index contributed by atoms with van der Waals surface area (Å²) in [5.41, 5.74) is 0.970. The number of carbonyl (C=O) groups is 1. The van der Waals surface area contributed by atoms with E-state index in [0.717, 1.165) is 18.7 Å². The molecule has 0 spiro atoms. The van der Waals surface area contributed by atoms with Gasteiger partial charge in [-0.15, -0.1) is 0 Å². The molecule has 0 bridgehead atoms. The lowest BCUT2D eigenvalue weighted by molar-refractivity contribution is -0.135. The fraction of sp³-hybridized carbons (Fsp3) is 0.632. The highest BCUT2D eigenvalue weighted by Gasteiger charge is 2.48. The summed E-state index contributed by atoms with van der Waals surface area (Å²) in [7, 11) is -0.895. The van der Waals surface area contributed by atoms with Crippen LogP contribution in [0.1, 0.15) is 24.4 Å². The number of benzene rings is 1. The first-order chi connectivity index (χ1) is 12.3. The molecule has 26 heavy (non-hydrogen) atoms. The van der Waals surface area contributed by atoms with Crippen molar-refractivity contribution in [1.82, 2.24) is 9.80 Å². The molecule has 3 aliphatic heterocycles. The number of likely N-dealkylation sites (tertiary alicyclic amines) is 2. The third-order valence-electron chi connectivity index (χ3n) is 6.30. The summed E-state index contributed by atoms with van der Waals surface area (Å²) in [6.45, 7) is 2.30. The van der Waals surface area contributed by atoms with Crippen molar-refractivity contribution in [3.05, 3.63) is 35.6 Å². The van der Waals surface area contributed by atoms with Crippen LogP contribution in [0.2, 0.25) is 0 Å². The van der Waals surface area contributed by atoms with E-state index in [1.165, 1.54) is 6.07 Å². The molecule has 0 N–H and O–H groups in total. The highest BCUT2D eigenvalue weighted by molar-refractivity contribution is 7.91. The standard InChI is InChI=1S/C19H25FN2O3S/c1-21-10-15-11-22(19(23)13-5-7-26(24,25)8-6-13)12-17(15)18(21)14-3-2-4-16(20)9-14/h2-4,9,13,15,17-18H,5-8,10-12H2,1H3/t15-,17+,18-/m0/s1. The molecule has 3 heterocycles. The van der Waals surface area contributed by atoms with E-state index in [-0.39, 0.29) is 35.2 Å². The van der Waals surface area contributed by atoms with E-state index in [4.69, 9.17) is 0 Å². The van der Waals surface area contributed by atoms with Gasteiger partial charge in [0.05, 0.1) is 11.5 Å². The normalized spacial score (nSPS) is 31.9. The zero-order valence-corrected chi connectivity index (χ0v) is 15.8. The van der Waals surface area contributed by atoms with Crippen molar-refractivity contribution >= 4 is 15.7 Å². The molecule has 1 amide bonds. The van der Waals surface area contributed by atoms with Gasteiger partial charge in [-0.3, -0.25) is 9.69 Å². The molecule has 1 aromatic carbocycles. The van der Waals surface area contributed by atoms with Crippen molar-refractivity contribution in [2.75, 3.05) is 38.2 Å². The molecule has 0 aromatic heterocycles. The van der Waals surface area contributed by atoms with E-state index >= 15 is 0 Å². The van der Waals surface area contributed by atoms with E-state index in [1.54, 1.807) is 12.1 Å². The molecule has 3 atom stereocenters. The summed E-state index contributed by atoms with van der Waals surface area (Å²) in [6.07, 6.45) is 0.889. The number of hydrogen-bond acceptors (Lipinski definition) is 4. The maximum absolute atomic E-state index is 13.7. The quantitative estimate of drug-likeness (QED) is 0.784. The van der Waals surface area contributed by atoms with Gasteiger partial charge in [0.15, 0.2) is 0 Å². The molecular weight excluding hydrogens is 355 g/mol. The monoisotopic (exact) mass is 380 g/mol. The van der Waals surface area contributed by atoms with Crippen LogP contribution in [-0.4, -0.2) is 62.3 Å². The summed E-state index contributed by atoms with van der Waals surface area (Å²) in [5.74, 6) is 0.659. The Morgan fingerprint density at radius 3 is 2.58 bits per heavy atom. The fourth-order valence-electron chi connectivity index (χ4n) is 5.03. The highest BCUT2D eigenvalue weighted by Crippen LogP contribution is 2.44. The van der Waals surface area contributed by atoms with Crippen LogP contribution in [0.5, 0.6) is 0 Å². The molecule has 5 nitrogen and oxygen atoms in total. The van der Waals surface area contributed by atoms with Gasteiger partial charge in [-0.05, 0) is 43.5 Å². The van der Waals surface area contributed by atoms with Crippen molar-refractivity contribution < 1.29 is 17.6 Å². The number of sulfone groups is 1. The van der Waals surface area contributed by atoms with Crippen molar-refractivity contribution in [2.45, 2.75) is 18.9 Å². The summed E-state index contributed by atoms with van der Waals surface area (Å²) in [4.78, 5) is 17.1. The number of halogens is 1. The molecule has 142 valence electrons. The second kappa shape index (κ2) is 6.60. The average molecular weight is 380 g/mol. The predicted octanol–water partition coefficient (Wildman–Crippen LogP) is 1.71. The minimum atomic E-state index is -2.96. The molecule has 0 aliphatic carbocycles. The smallest absolute Gasteiger partial charge is 0.225 e. The lowest BCUT2D eigenvalue weighted by Crippen LogP contribution is -2.40. The SMILES string of the molecule is CN1C[C@H]2CN(C(=O)C3CCS(=O)(=O)CC3)C[C@H]2[C@@H]1c1cccc(F)c1. The van der Waals surface area contributed by atoms with Crippen LogP contribution in [-0.2, 0) is 14.6 Å². The van der Waals surface area contributed by atoms with E-state index in [0.29, 0.717) is 31.2 Å². The Hall–Kier alpha value is -1.47. The van der Waals surface area contributed by atoms with Crippen LogP contribution >= 0.6 is 0 Å². The lowest BCUT2D eigenvalue weighted by atomic mass is 9.89. The average Bonchev–Trinajstić information content (AvgIpc) is 3.10. The van der Waals surface area contributed by atoms with E-state index in [1.807, 2.05) is 11.0 Å². The van der Waals surface area contributed by atoms with Crippen LogP contribution in [0.3, 0.4) is 0 Å². The molecule has 0 saturated carbocycles. The largest absolute Gasteiger partial charge is 0.342 e. The van der Waals surface area contributed by atoms with E-state index < -0.39 is 9.84 Å². The zero-order chi connectivity index (χ0) is 18.5. The molecule has 3 aliphatic rings. The number of rotatable bonds is 2. The topological polar surface area (TPSA) is 57.7 Å². The molecule has 4 rings (SSSR count). The molecule has 7 heteroatoms. The van der Waals surface area contributed by atoms with Gasteiger partial charge in [-0.25, -0.2) is 12.8 Å². The van der Waals surface area contributed by atoms with Crippen molar-refractivity contribution in [1.29, 1.82) is 0 Å². The van der Waals surface area contributed by atoms with Gasteiger partial charge in [-0.2, -0.15) is 0 Å². The summed E-state index contributed by atoms with van der Waals surface area (Å²) in [6, 6.07) is 6.88. The molecule has 0 radical (unpaired) electrons. The van der Waals surface area contributed by atoms with Crippen LogP contribution in [0.15, 0.2) is 24.3 Å². The predicted molar refractivity (Wildman–Crippen MR) is 96.7 cm³/mol. The first kappa shape index (κ1) is 17.9. The first-order valence-corrected chi connectivity index (χ1v) is 11.1. The minimum Gasteiger partial charge on any atom is -0.342 e. The van der Waals surface area contributed by atoms with Crippen molar-refractivity contribution in [2.24, 2.45) is 17.8 Å². The third-order valence-corrected chi connectivity index (χ3v) is 8.02. The second-order valence-corrected chi connectivity index (χ2v) is 10.3. The van der Waals surface area contributed by atoms with Crippen molar-refractivity contribution in [3.63, 3.8) is 0 Å². The Kier molecular flexibility index (Phi) is 4.55. The molecular formula is C19H25FN2O3S. The van der Waals surface area contributed by atoms with Crippen molar-refractivity contribution in [3.8, 4) is 0 Å². The Morgan fingerprint density at radius 1 is 1.15 bits per heavy atom. The van der Waals surface area contributed by atoms with Crippen LogP contribution in [0.4, 0.5) is 4.39 Å². The number of amides is 1. The van der Waals surface area contributed by atoms with Crippen LogP contribution < -0.4 is 0 Å². The summed E-state index contributed by atoms with van der Waals surface area (Å²) < 4.78 is 36.9. The van der Waals surface area contributed by atoms with Gasteiger partial charge in [0.1, 0.15) is 15.7 Å². The Morgan fingerprint density at radius 2 is 1.88 bits per heavy atom. The first-order valence-electron chi connectivity index (χ1n) is 9.29. The molecule has 0 unspecified atom stereocenters. The maximum Gasteiger partial charge on any atom is 0.225 e. The highest BCUT2D eigenvalue weighted by atomic mass is 32.2. The van der Waals surface area contributed by atoms with Gasteiger partial charge in [-0.1, -0.05) is 12.1 Å². The molecule has 3 saturated heterocycles. The maximum atomic E-state index is 13.7. The van der Waals surface area contributed by atoms with Gasteiger partial charge in [0, 0.05) is 37.5 Å². The minimum absolute atomic E-state index is 0.106. The Bertz CT molecular complexity index is 799. The van der Waals surface area contributed by atoms with E-state index in [2.05, 4.69) is 11.9 Å². The number of carbonyl (C=O) groups excluding carboxylic acids is 1. The van der Waals surface area contributed by atoms with Gasteiger partial charge < -0.3 is 4.90 Å². The summed E-state index contributed by atoms with van der Waals surface area (Å²) >= 11 is 0. The molecule has 1 aromatic rings. The number of hydrogen-bond donors (Lipinski definition) is 0. The summed E-state index contributed by atoms with van der Waals surface area (Å²) in [5, 5.41) is 0. The van der Waals surface area contributed by atoms with Gasteiger partial charge in [0.2, 0.25) is 5.91 Å². The van der Waals surface area contributed by atoms with Gasteiger partial charge in [0.25, 0.3) is 0 Å². The number of fused-ring (bicyclic) bond motifs is 1. The zero-order valence-electron chi connectivity index (χ0n) is 15.0. The van der Waals surface area contributed by atoms with E-state index in [9.17, 15) is 17.6 Å². The second-order valence-electron chi connectivity index (χ2n) is 8.03.